The van der Waals surface area contributed by atoms with E-state index in [9.17, 15) is 0 Å². The van der Waals surface area contributed by atoms with Crippen LogP contribution in [0.25, 0.3) is 10.9 Å². The molecule has 0 fully saturated rings. The molecule has 1 aromatic carbocycles. The van der Waals surface area contributed by atoms with Crippen molar-refractivity contribution in [2.45, 2.75) is 32.9 Å². The number of hydrogen-bond donors (Lipinski definition) is 2. The second-order valence-electron chi connectivity index (χ2n) is 4.61. The van der Waals surface area contributed by atoms with Crippen LogP contribution in [0.2, 0.25) is 0 Å². The lowest BCUT2D eigenvalue weighted by Crippen LogP contribution is -2.13. The van der Waals surface area contributed by atoms with E-state index < -0.39 is 0 Å². The lowest BCUT2D eigenvalue weighted by Gasteiger charge is -2.07. The Morgan fingerprint density at radius 3 is 2.94 bits per heavy atom. The number of aromatic nitrogens is 1. The molecule has 1 heterocycles. The molecule has 0 unspecified atom stereocenters. The molecule has 2 rings (SSSR count). The lowest BCUT2D eigenvalue weighted by atomic mass is 10.1. The zero-order valence-electron chi connectivity index (χ0n) is 11.0. The largest absolute Gasteiger partial charge is 0.396 e. The molecule has 3 nitrogen and oxygen atoms in total. The highest BCUT2D eigenvalue weighted by Crippen LogP contribution is 2.20. The van der Waals surface area contributed by atoms with Crippen molar-refractivity contribution in [1.29, 1.82) is 0 Å². The van der Waals surface area contributed by atoms with Crippen LogP contribution >= 0.6 is 0 Å². The molecule has 0 radical (unpaired) electrons. The van der Waals surface area contributed by atoms with E-state index in [4.69, 9.17) is 5.11 Å². The summed E-state index contributed by atoms with van der Waals surface area (Å²) < 4.78 is 2.22. The Balaban J connectivity index is 2.19. The van der Waals surface area contributed by atoms with E-state index >= 15 is 0 Å². The third-order valence-corrected chi connectivity index (χ3v) is 3.20. The smallest absolute Gasteiger partial charge is 0.0483 e. The van der Waals surface area contributed by atoms with Gasteiger partial charge in [0.2, 0.25) is 0 Å². The Bertz CT molecular complexity index is 490. The molecule has 3 heteroatoms. The predicted molar refractivity (Wildman–Crippen MR) is 75.6 cm³/mol. The number of aliphatic hydroxyl groups excluding tert-OH is 1. The van der Waals surface area contributed by atoms with Crippen LogP contribution in [0.4, 0.5) is 0 Å². The second kappa shape index (κ2) is 6.57. The number of benzene rings is 1. The van der Waals surface area contributed by atoms with Gasteiger partial charge in [0.1, 0.15) is 0 Å². The van der Waals surface area contributed by atoms with Crippen LogP contribution in [0, 0.1) is 0 Å². The van der Waals surface area contributed by atoms with Gasteiger partial charge >= 0.3 is 0 Å². The molecule has 0 aliphatic heterocycles. The normalized spacial score (nSPS) is 11.2. The van der Waals surface area contributed by atoms with Crippen LogP contribution in [-0.2, 0) is 13.1 Å². The summed E-state index contributed by atoms with van der Waals surface area (Å²) in [7, 11) is 0. The first-order chi connectivity index (χ1) is 8.86. The lowest BCUT2D eigenvalue weighted by molar-refractivity contribution is 0.280. The standard InChI is InChI=1S/C15H22N2O/c1-2-8-16-12-13-5-3-6-15-14(13)7-10-17(15)9-4-11-18/h3,5-7,10,16,18H,2,4,8-9,11-12H2,1H3. The van der Waals surface area contributed by atoms with Crippen molar-refractivity contribution in [3.05, 3.63) is 36.0 Å². The van der Waals surface area contributed by atoms with E-state index in [0.29, 0.717) is 0 Å². The fourth-order valence-electron chi connectivity index (χ4n) is 2.28. The van der Waals surface area contributed by atoms with Crippen molar-refractivity contribution in [3.8, 4) is 0 Å². The van der Waals surface area contributed by atoms with E-state index in [1.165, 1.54) is 16.5 Å². The topological polar surface area (TPSA) is 37.2 Å². The molecule has 0 aliphatic carbocycles. The Morgan fingerprint density at radius 1 is 1.28 bits per heavy atom. The van der Waals surface area contributed by atoms with Crippen molar-refractivity contribution < 1.29 is 5.11 Å². The highest BCUT2D eigenvalue weighted by atomic mass is 16.3. The summed E-state index contributed by atoms with van der Waals surface area (Å²) in [5.41, 5.74) is 2.61. The van der Waals surface area contributed by atoms with Crippen molar-refractivity contribution in [2.75, 3.05) is 13.2 Å². The predicted octanol–water partition coefficient (Wildman–Crippen LogP) is 2.52. The minimum Gasteiger partial charge on any atom is -0.396 e. The Labute approximate surface area is 108 Å². The molecule has 0 saturated heterocycles. The summed E-state index contributed by atoms with van der Waals surface area (Å²) in [5.74, 6) is 0. The molecule has 0 saturated carbocycles. The van der Waals surface area contributed by atoms with Crippen LogP contribution < -0.4 is 5.32 Å². The van der Waals surface area contributed by atoms with Crippen LogP contribution in [0.15, 0.2) is 30.5 Å². The average Bonchev–Trinajstić information content (AvgIpc) is 2.81. The zero-order valence-corrected chi connectivity index (χ0v) is 11.0. The van der Waals surface area contributed by atoms with Gasteiger partial charge in [0.05, 0.1) is 0 Å². The number of rotatable bonds is 7. The summed E-state index contributed by atoms with van der Waals surface area (Å²) in [5, 5.41) is 13.7. The van der Waals surface area contributed by atoms with Gasteiger partial charge in [0, 0.05) is 36.8 Å². The number of fused-ring (bicyclic) bond motifs is 1. The minimum absolute atomic E-state index is 0.247. The summed E-state index contributed by atoms with van der Waals surface area (Å²) >= 11 is 0. The highest BCUT2D eigenvalue weighted by molar-refractivity contribution is 5.83. The van der Waals surface area contributed by atoms with Gasteiger partial charge in [0.25, 0.3) is 0 Å². The van der Waals surface area contributed by atoms with Crippen molar-refractivity contribution >= 4 is 10.9 Å². The first kappa shape index (κ1) is 13.1. The third kappa shape index (κ3) is 2.92. The van der Waals surface area contributed by atoms with Crippen LogP contribution in [0.3, 0.4) is 0 Å². The van der Waals surface area contributed by atoms with Gasteiger partial charge in [-0.05, 0) is 37.1 Å². The second-order valence-corrected chi connectivity index (χ2v) is 4.61. The van der Waals surface area contributed by atoms with Crippen molar-refractivity contribution in [2.24, 2.45) is 0 Å². The molecule has 0 spiro atoms. The molecular formula is C15H22N2O. The Kier molecular flexibility index (Phi) is 4.79. The Morgan fingerprint density at radius 2 is 2.17 bits per heavy atom. The summed E-state index contributed by atoms with van der Waals surface area (Å²) in [6.07, 6.45) is 4.08. The highest BCUT2D eigenvalue weighted by Gasteiger charge is 2.04. The molecule has 0 atom stereocenters. The first-order valence-electron chi connectivity index (χ1n) is 6.75. The Hall–Kier alpha value is -1.32. The fraction of sp³-hybridized carbons (Fsp3) is 0.467. The average molecular weight is 246 g/mol. The van der Waals surface area contributed by atoms with Gasteiger partial charge in [-0.15, -0.1) is 0 Å². The van der Waals surface area contributed by atoms with Crippen LogP contribution in [-0.4, -0.2) is 22.8 Å². The molecule has 2 N–H and O–H groups in total. The number of nitrogens with one attached hydrogen (secondary N) is 1. The first-order valence-corrected chi connectivity index (χ1v) is 6.75. The fourth-order valence-corrected chi connectivity index (χ4v) is 2.28. The minimum atomic E-state index is 0.247. The van der Waals surface area contributed by atoms with Crippen LogP contribution in [0.5, 0.6) is 0 Å². The molecular weight excluding hydrogens is 224 g/mol. The molecule has 0 bridgehead atoms. The molecule has 98 valence electrons. The maximum absolute atomic E-state index is 8.91. The number of aliphatic hydroxyl groups is 1. The quantitative estimate of drug-likeness (QED) is 0.737. The van der Waals surface area contributed by atoms with Gasteiger partial charge in [-0.2, -0.15) is 0 Å². The number of hydrogen-bond acceptors (Lipinski definition) is 2. The molecule has 0 amide bonds. The third-order valence-electron chi connectivity index (χ3n) is 3.20. The number of aryl methyl sites for hydroxylation is 1. The summed E-state index contributed by atoms with van der Waals surface area (Å²) in [6, 6.07) is 8.62. The zero-order chi connectivity index (χ0) is 12.8. The van der Waals surface area contributed by atoms with Gasteiger partial charge in [0.15, 0.2) is 0 Å². The van der Waals surface area contributed by atoms with E-state index in [1.54, 1.807) is 0 Å². The molecule has 18 heavy (non-hydrogen) atoms. The van der Waals surface area contributed by atoms with E-state index in [1.807, 2.05) is 0 Å². The molecule has 1 aromatic heterocycles. The monoisotopic (exact) mass is 246 g/mol. The SMILES string of the molecule is CCCNCc1cccc2c1ccn2CCCO. The van der Waals surface area contributed by atoms with Crippen molar-refractivity contribution in [3.63, 3.8) is 0 Å². The van der Waals surface area contributed by atoms with E-state index in [0.717, 1.165) is 32.5 Å². The van der Waals surface area contributed by atoms with E-state index in [-0.39, 0.29) is 6.61 Å². The van der Waals surface area contributed by atoms with Gasteiger partial charge in [-0.25, -0.2) is 0 Å². The van der Waals surface area contributed by atoms with Gasteiger partial charge in [-0.1, -0.05) is 19.1 Å². The summed E-state index contributed by atoms with van der Waals surface area (Å²) in [4.78, 5) is 0. The number of nitrogens with zero attached hydrogens (tertiary/aromatic N) is 1. The maximum atomic E-state index is 8.91. The molecule has 0 aliphatic rings. The molecule has 2 aromatic rings. The van der Waals surface area contributed by atoms with Gasteiger partial charge < -0.3 is 15.0 Å². The maximum Gasteiger partial charge on any atom is 0.0483 e. The van der Waals surface area contributed by atoms with Crippen LogP contribution in [0.1, 0.15) is 25.3 Å². The van der Waals surface area contributed by atoms with Gasteiger partial charge in [-0.3, -0.25) is 0 Å². The van der Waals surface area contributed by atoms with E-state index in [2.05, 4.69) is 47.3 Å². The summed E-state index contributed by atoms with van der Waals surface area (Å²) in [6.45, 7) is 5.29. The van der Waals surface area contributed by atoms with Crippen molar-refractivity contribution in [1.82, 2.24) is 9.88 Å².